The lowest BCUT2D eigenvalue weighted by Gasteiger charge is -2.33. The Kier molecular flexibility index (Phi) is 5.64. The zero-order valence-electron chi connectivity index (χ0n) is 14.2. The summed E-state index contributed by atoms with van der Waals surface area (Å²) in [6.07, 6.45) is 5.71. The summed E-state index contributed by atoms with van der Waals surface area (Å²) in [6.45, 7) is 4.88. The minimum Gasteiger partial charge on any atom is -0.438 e. The van der Waals surface area contributed by atoms with E-state index in [0.717, 1.165) is 45.3 Å². The van der Waals surface area contributed by atoms with Gasteiger partial charge in [0.15, 0.2) is 6.39 Å². The van der Waals surface area contributed by atoms with E-state index in [4.69, 9.17) is 4.42 Å². The van der Waals surface area contributed by atoms with Crippen LogP contribution in [-0.2, 0) is 6.42 Å². The van der Waals surface area contributed by atoms with Gasteiger partial charge in [-0.3, -0.25) is 4.79 Å². The summed E-state index contributed by atoms with van der Waals surface area (Å²) >= 11 is 0. The van der Waals surface area contributed by atoms with Crippen molar-refractivity contribution in [1.82, 2.24) is 15.2 Å². The van der Waals surface area contributed by atoms with Gasteiger partial charge in [0.1, 0.15) is 0 Å². The topological polar surface area (TPSA) is 58.4 Å². The van der Waals surface area contributed by atoms with Crippen LogP contribution < -0.4 is 5.32 Å². The molecule has 5 nitrogen and oxygen atoms in total. The van der Waals surface area contributed by atoms with Crippen LogP contribution in [0.5, 0.6) is 0 Å². The van der Waals surface area contributed by atoms with Crippen molar-refractivity contribution >= 4 is 5.91 Å². The highest BCUT2D eigenvalue weighted by molar-refractivity contribution is 5.92. The first-order chi connectivity index (χ1) is 11.7. The minimum atomic E-state index is -0.152. The number of rotatable bonds is 6. The van der Waals surface area contributed by atoms with Gasteiger partial charge in [0.2, 0.25) is 5.76 Å². The van der Waals surface area contributed by atoms with Gasteiger partial charge in [0, 0.05) is 12.6 Å². The predicted octanol–water partition coefficient (Wildman–Crippen LogP) is 2.81. The van der Waals surface area contributed by atoms with E-state index in [9.17, 15) is 4.79 Å². The van der Waals surface area contributed by atoms with Gasteiger partial charge in [-0.05, 0) is 51.3 Å². The van der Waals surface area contributed by atoms with E-state index in [1.165, 1.54) is 12.0 Å². The summed E-state index contributed by atoms with van der Waals surface area (Å²) in [7, 11) is 0. The number of piperidine rings is 1. The van der Waals surface area contributed by atoms with E-state index in [0.29, 0.717) is 11.5 Å². The number of aromatic nitrogens is 1. The molecule has 1 aromatic heterocycles. The number of hydrogen-bond donors (Lipinski definition) is 1. The van der Waals surface area contributed by atoms with E-state index >= 15 is 0 Å². The SMILES string of the molecule is Cc1ncoc1C(=O)NC1CCCN(CCCc2ccccc2)C1. The number of carbonyl (C=O) groups is 1. The fourth-order valence-corrected chi connectivity index (χ4v) is 3.30. The Balaban J connectivity index is 1.44. The second-order valence-electron chi connectivity index (χ2n) is 6.47. The van der Waals surface area contributed by atoms with E-state index in [1.54, 1.807) is 6.92 Å². The third-order valence-electron chi connectivity index (χ3n) is 4.58. The summed E-state index contributed by atoms with van der Waals surface area (Å²) in [5.74, 6) is 0.178. The van der Waals surface area contributed by atoms with Crippen LogP contribution >= 0.6 is 0 Å². The molecule has 2 aromatic rings. The highest BCUT2D eigenvalue weighted by atomic mass is 16.3. The molecule has 1 aliphatic rings. The smallest absolute Gasteiger partial charge is 0.289 e. The predicted molar refractivity (Wildman–Crippen MR) is 92.9 cm³/mol. The summed E-state index contributed by atoms with van der Waals surface area (Å²) in [6, 6.07) is 10.8. The quantitative estimate of drug-likeness (QED) is 0.886. The van der Waals surface area contributed by atoms with Gasteiger partial charge in [-0.1, -0.05) is 30.3 Å². The first-order valence-corrected chi connectivity index (χ1v) is 8.69. The Morgan fingerprint density at radius 1 is 1.38 bits per heavy atom. The van der Waals surface area contributed by atoms with Crippen molar-refractivity contribution in [2.75, 3.05) is 19.6 Å². The van der Waals surface area contributed by atoms with Crippen LogP contribution in [0, 0.1) is 6.92 Å². The number of likely N-dealkylation sites (tertiary alicyclic amines) is 1. The highest BCUT2D eigenvalue weighted by Crippen LogP contribution is 2.13. The van der Waals surface area contributed by atoms with Crippen molar-refractivity contribution in [3.05, 3.63) is 53.7 Å². The monoisotopic (exact) mass is 327 g/mol. The average Bonchev–Trinajstić information content (AvgIpc) is 3.02. The Bertz CT molecular complexity index is 654. The number of oxazole rings is 1. The van der Waals surface area contributed by atoms with Crippen LogP contribution in [0.4, 0.5) is 0 Å². The lowest BCUT2D eigenvalue weighted by atomic mass is 10.0. The van der Waals surface area contributed by atoms with Crippen molar-refractivity contribution in [1.29, 1.82) is 0 Å². The standard InChI is InChI=1S/C19H25N3O2/c1-15-18(24-14-20-15)19(23)21-17-10-6-12-22(13-17)11-5-9-16-7-3-2-4-8-16/h2-4,7-8,14,17H,5-6,9-13H2,1H3,(H,21,23). The molecule has 1 aromatic carbocycles. The largest absolute Gasteiger partial charge is 0.438 e. The second kappa shape index (κ2) is 8.11. The molecule has 1 unspecified atom stereocenters. The van der Waals surface area contributed by atoms with E-state index in [-0.39, 0.29) is 11.9 Å². The molecule has 1 fully saturated rings. The number of benzene rings is 1. The van der Waals surface area contributed by atoms with Crippen molar-refractivity contribution in [2.24, 2.45) is 0 Å². The van der Waals surface area contributed by atoms with Crippen molar-refractivity contribution < 1.29 is 9.21 Å². The maximum Gasteiger partial charge on any atom is 0.289 e. The lowest BCUT2D eigenvalue weighted by molar-refractivity contribution is 0.0874. The van der Waals surface area contributed by atoms with Crippen molar-refractivity contribution in [3.8, 4) is 0 Å². The molecule has 2 heterocycles. The molecule has 0 aliphatic carbocycles. The third kappa shape index (κ3) is 4.45. The zero-order chi connectivity index (χ0) is 16.8. The Hall–Kier alpha value is -2.14. The number of carbonyl (C=O) groups excluding carboxylic acids is 1. The fourth-order valence-electron chi connectivity index (χ4n) is 3.30. The Morgan fingerprint density at radius 2 is 2.21 bits per heavy atom. The summed E-state index contributed by atoms with van der Waals surface area (Å²) in [4.78, 5) is 18.7. The molecular formula is C19H25N3O2. The van der Waals surface area contributed by atoms with Crippen LogP contribution in [-0.4, -0.2) is 41.5 Å². The summed E-state index contributed by atoms with van der Waals surface area (Å²) in [5, 5.41) is 3.09. The molecule has 1 saturated heterocycles. The maximum atomic E-state index is 12.2. The summed E-state index contributed by atoms with van der Waals surface area (Å²) in [5.41, 5.74) is 2.03. The van der Waals surface area contributed by atoms with Gasteiger partial charge < -0.3 is 14.6 Å². The van der Waals surface area contributed by atoms with Crippen LogP contribution in [0.3, 0.4) is 0 Å². The van der Waals surface area contributed by atoms with Gasteiger partial charge >= 0.3 is 0 Å². The molecule has 1 N–H and O–H groups in total. The van der Waals surface area contributed by atoms with Crippen LogP contribution in [0.1, 0.15) is 41.1 Å². The fraction of sp³-hybridized carbons (Fsp3) is 0.474. The molecule has 128 valence electrons. The van der Waals surface area contributed by atoms with E-state index < -0.39 is 0 Å². The number of amides is 1. The second-order valence-corrected chi connectivity index (χ2v) is 6.47. The molecule has 3 rings (SSSR count). The zero-order valence-corrected chi connectivity index (χ0v) is 14.2. The maximum absolute atomic E-state index is 12.2. The minimum absolute atomic E-state index is 0.152. The average molecular weight is 327 g/mol. The molecule has 1 atom stereocenters. The first kappa shape index (κ1) is 16.7. The molecular weight excluding hydrogens is 302 g/mol. The van der Waals surface area contributed by atoms with Crippen LogP contribution in [0.2, 0.25) is 0 Å². The normalized spacial score (nSPS) is 18.5. The number of nitrogens with one attached hydrogen (secondary N) is 1. The molecule has 1 amide bonds. The molecule has 0 bridgehead atoms. The van der Waals surface area contributed by atoms with Gasteiger partial charge in [0.05, 0.1) is 5.69 Å². The number of nitrogens with zero attached hydrogens (tertiary/aromatic N) is 2. The van der Waals surface area contributed by atoms with Gasteiger partial charge in [-0.15, -0.1) is 0 Å². The molecule has 24 heavy (non-hydrogen) atoms. The molecule has 0 saturated carbocycles. The van der Waals surface area contributed by atoms with Crippen LogP contribution in [0.25, 0.3) is 0 Å². The van der Waals surface area contributed by atoms with E-state index in [1.807, 2.05) is 0 Å². The molecule has 1 aliphatic heterocycles. The number of hydrogen-bond acceptors (Lipinski definition) is 4. The molecule has 0 spiro atoms. The van der Waals surface area contributed by atoms with Crippen LogP contribution in [0.15, 0.2) is 41.1 Å². The van der Waals surface area contributed by atoms with Gasteiger partial charge in [-0.2, -0.15) is 0 Å². The summed E-state index contributed by atoms with van der Waals surface area (Å²) < 4.78 is 5.17. The first-order valence-electron chi connectivity index (χ1n) is 8.69. The van der Waals surface area contributed by atoms with Crippen molar-refractivity contribution in [2.45, 2.75) is 38.6 Å². The Morgan fingerprint density at radius 3 is 2.96 bits per heavy atom. The Labute approximate surface area is 143 Å². The number of aryl methyl sites for hydroxylation is 2. The van der Waals surface area contributed by atoms with Crippen molar-refractivity contribution in [3.63, 3.8) is 0 Å². The highest BCUT2D eigenvalue weighted by Gasteiger charge is 2.23. The molecule has 5 heteroatoms. The van der Waals surface area contributed by atoms with Gasteiger partial charge in [0.25, 0.3) is 5.91 Å². The molecule has 0 radical (unpaired) electrons. The van der Waals surface area contributed by atoms with E-state index in [2.05, 4.69) is 45.5 Å². The lowest BCUT2D eigenvalue weighted by Crippen LogP contribution is -2.48. The third-order valence-corrected chi connectivity index (χ3v) is 4.58. The van der Waals surface area contributed by atoms with Gasteiger partial charge in [-0.25, -0.2) is 4.98 Å².